The van der Waals surface area contributed by atoms with Crippen molar-refractivity contribution in [3.8, 4) is 0 Å². The summed E-state index contributed by atoms with van der Waals surface area (Å²) in [7, 11) is -3.54. The number of halogens is 1. The topological polar surface area (TPSA) is 66.4 Å². The van der Waals surface area contributed by atoms with Crippen LogP contribution >= 0.6 is 15.9 Å². The van der Waals surface area contributed by atoms with Crippen LogP contribution in [0.4, 0.5) is 0 Å². The van der Waals surface area contributed by atoms with Gasteiger partial charge in [-0.05, 0) is 58.3 Å². The third kappa shape index (κ3) is 3.61. The number of aliphatic hydroxyl groups is 1. The van der Waals surface area contributed by atoms with E-state index in [0.29, 0.717) is 16.6 Å². The van der Waals surface area contributed by atoms with Gasteiger partial charge in [0.15, 0.2) is 0 Å². The fourth-order valence-corrected chi connectivity index (χ4v) is 4.57. The fraction of sp³-hybridized carbons (Fsp3) is 0.571. The molecule has 6 heteroatoms. The zero-order valence-electron chi connectivity index (χ0n) is 11.5. The SMILES string of the molecule is CCCC1(CNS(=O)(=O)c2cc(CO)ccc2Br)CC1. The lowest BCUT2D eigenvalue weighted by Gasteiger charge is -2.16. The highest BCUT2D eigenvalue weighted by Crippen LogP contribution is 2.49. The molecule has 0 radical (unpaired) electrons. The maximum absolute atomic E-state index is 12.4. The first-order chi connectivity index (χ1) is 9.42. The first-order valence-corrected chi connectivity index (χ1v) is 9.09. The molecule has 0 aliphatic heterocycles. The molecule has 20 heavy (non-hydrogen) atoms. The Morgan fingerprint density at radius 2 is 2.10 bits per heavy atom. The van der Waals surface area contributed by atoms with Crippen molar-refractivity contribution in [1.82, 2.24) is 4.72 Å². The average Bonchev–Trinajstić information content (AvgIpc) is 3.18. The third-order valence-corrected chi connectivity index (χ3v) is 6.24. The lowest BCUT2D eigenvalue weighted by molar-refractivity contribution is 0.281. The van der Waals surface area contributed by atoms with Gasteiger partial charge in [-0.3, -0.25) is 0 Å². The second-order valence-corrected chi connectivity index (χ2v) is 8.09. The molecule has 0 aromatic heterocycles. The maximum Gasteiger partial charge on any atom is 0.241 e. The Hall–Kier alpha value is -0.430. The van der Waals surface area contributed by atoms with Gasteiger partial charge in [0.05, 0.1) is 11.5 Å². The number of sulfonamides is 1. The molecule has 0 heterocycles. The van der Waals surface area contributed by atoms with Gasteiger partial charge in [-0.1, -0.05) is 19.4 Å². The van der Waals surface area contributed by atoms with Crippen molar-refractivity contribution in [2.45, 2.75) is 44.1 Å². The Bertz CT molecular complexity index is 582. The second-order valence-electron chi connectivity index (χ2n) is 5.50. The van der Waals surface area contributed by atoms with Gasteiger partial charge in [0.25, 0.3) is 0 Å². The highest BCUT2D eigenvalue weighted by Gasteiger charge is 2.42. The highest BCUT2D eigenvalue weighted by atomic mass is 79.9. The van der Waals surface area contributed by atoms with Gasteiger partial charge in [0.2, 0.25) is 10.0 Å². The van der Waals surface area contributed by atoms with Crippen molar-refractivity contribution < 1.29 is 13.5 Å². The summed E-state index contributed by atoms with van der Waals surface area (Å²) in [4.78, 5) is 0.191. The second kappa shape index (κ2) is 6.13. The van der Waals surface area contributed by atoms with Crippen molar-refractivity contribution in [3.63, 3.8) is 0 Å². The summed E-state index contributed by atoms with van der Waals surface area (Å²) in [5, 5.41) is 9.13. The van der Waals surface area contributed by atoms with Crippen LogP contribution in [0.1, 0.15) is 38.2 Å². The number of aliphatic hydroxyl groups excluding tert-OH is 1. The van der Waals surface area contributed by atoms with Gasteiger partial charge in [-0.15, -0.1) is 0 Å². The van der Waals surface area contributed by atoms with Gasteiger partial charge in [-0.25, -0.2) is 13.1 Å². The van der Waals surface area contributed by atoms with Crippen molar-refractivity contribution in [1.29, 1.82) is 0 Å². The van der Waals surface area contributed by atoms with Gasteiger partial charge in [0.1, 0.15) is 0 Å². The Morgan fingerprint density at radius 1 is 1.40 bits per heavy atom. The molecule has 0 bridgehead atoms. The minimum Gasteiger partial charge on any atom is -0.392 e. The van der Waals surface area contributed by atoms with E-state index in [0.717, 1.165) is 25.7 Å². The molecular weight excluding hydrogens is 342 g/mol. The summed E-state index contributed by atoms with van der Waals surface area (Å²) >= 11 is 3.26. The van der Waals surface area contributed by atoms with E-state index in [9.17, 15) is 8.42 Å². The zero-order chi connectivity index (χ0) is 14.8. The lowest BCUT2D eigenvalue weighted by Crippen LogP contribution is -2.30. The maximum atomic E-state index is 12.4. The average molecular weight is 362 g/mol. The van der Waals surface area contributed by atoms with Crippen LogP contribution in [0.25, 0.3) is 0 Å². The molecule has 4 nitrogen and oxygen atoms in total. The molecule has 0 atom stereocenters. The van der Waals surface area contributed by atoms with Gasteiger partial charge >= 0.3 is 0 Å². The van der Waals surface area contributed by atoms with E-state index in [2.05, 4.69) is 27.6 Å². The van der Waals surface area contributed by atoms with E-state index in [4.69, 9.17) is 5.11 Å². The molecule has 112 valence electrons. The van der Waals surface area contributed by atoms with E-state index in [-0.39, 0.29) is 16.9 Å². The minimum absolute atomic E-state index is 0.170. The van der Waals surface area contributed by atoms with Crippen LogP contribution < -0.4 is 4.72 Å². The summed E-state index contributed by atoms with van der Waals surface area (Å²) in [6, 6.07) is 4.85. The Kier molecular flexibility index (Phi) is 4.89. The molecule has 1 aliphatic rings. The Labute approximate surface area is 128 Å². The van der Waals surface area contributed by atoms with Crippen LogP contribution in [-0.4, -0.2) is 20.1 Å². The Balaban J connectivity index is 2.14. The van der Waals surface area contributed by atoms with Gasteiger partial charge in [0, 0.05) is 11.0 Å². The molecule has 1 aromatic rings. The summed E-state index contributed by atoms with van der Waals surface area (Å²) in [6.07, 6.45) is 4.33. The summed E-state index contributed by atoms with van der Waals surface area (Å²) in [6.45, 7) is 2.45. The molecule has 1 aromatic carbocycles. The van der Waals surface area contributed by atoms with Crippen LogP contribution in [0.3, 0.4) is 0 Å². The zero-order valence-corrected chi connectivity index (χ0v) is 13.9. The van der Waals surface area contributed by atoms with E-state index >= 15 is 0 Å². The van der Waals surface area contributed by atoms with Gasteiger partial charge < -0.3 is 5.11 Å². The van der Waals surface area contributed by atoms with Crippen molar-refractivity contribution in [2.75, 3.05) is 6.54 Å². The fourth-order valence-electron chi connectivity index (χ4n) is 2.40. The van der Waals surface area contributed by atoms with Crippen molar-refractivity contribution >= 4 is 26.0 Å². The molecular formula is C14H20BrNO3S. The largest absolute Gasteiger partial charge is 0.392 e. The van der Waals surface area contributed by atoms with E-state index in [1.807, 2.05) is 0 Å². The number of hydrogen-bond donors (Lipinski definition) is 2. The first-order valence-electron chi connectivity index (χ1n) is 6.81. The molecule has 2 rings (SSSR count). The molecule has 1 fully saturated rings. The summed E-state index contributed by atoms with van der Waals surface area (Å²) in [5.41, 5.74) is 0.756. The molecule has 0 amide bonds. The lowest BCUT2D eigenvalue weighted by atomic mass is 10.0. The molecule has 1 saturated carbocycles. The Morgan fingerprint density at radius 3 is 2.65 bits per heavy atom. The van der Waals surface area contributed by atoms with E-state index < -0.39 is 10.0 Å². The summed E-state index contributed by atoms with van der Waals surface area (Å²) in [5.74, 6) is 0. The van der Waals surface area contributed by atoms with Crippen LogP contribution in [0.15, 0.2) is 27.6 Å². The van der Waals surface area contributed by atoms with Crippen LogP contribution in [0, 0.1) is 5.41 Å². The smallest absolute Gasteiger partial charge is 0.241 e. The summed E-state index contributed by atoms with van der Waals surface area (Å²) < 4.78 is 28.0. The monoisotopic (exact) mass is 361 g/mol. The van der Waals surface area contributed by atoms with Crippen LogP contribution in [0.2, 0.25) is 0 Å². The normalized spacial score (nSPS) is 17.1. The van der Waals surface area contributed by atoms with Crippen molar-refractivity contribution in [3.05, 3.63) is 28.2 Å². The van der Waals surface area contributed by atoms with Gasteiger partial charge in [-0.2, -0.15) is 0 Å². The molecule has 0 unspecified atom stereocenters. The molecule has 2 N–H and O–H groups in total. The standard InChI is InChI=1S/C14H20BrNO3S/c1-2-5-14(6-7-14)10-16-20(18,19)13-8-11(9-17)3-4-12(13)15/h3-4,8,16-17H,2,5-7,9-10H2,1H3. The molecule has 0 spiro atoms. The molecule has 0 saturated heterocycles. The predicted octanol–water partition coefficient (Wildman–Crippen LogP) is 2.80. The number of nitrogens with one attached hydrogen (secondary N) is 1. The number of rotatable bonds is 7. The quantitative estimate of drug-likeness (QED) is 0.784. The van der Waals surface area contributed by atoms with Crippen LogP contribution in [0.5, 0.6) is 0 Å². The van der Waals surface area contributed by atoms with E-state index in [1.165, 1.54) is 6.07 Å². The minimum atomic E-state index is -3.54. The molecule has 1 aliphatic carbocycles. The predicted molar refractivity (Wildman–Crippen MR) is 81.8 cm³/mol. The van der Waals surface area contributed by atoms with Crippen molar-refractivity contribution in [2.24, 2.45) is 5.41 Å². The van der Waals surface area contributed by atoms with E-state index in [1.54, 1.807) is 12.1 Å². The third-order valence-electron chi connectivity index (χ3n) is 3.84. The first kappa shape index (κ1) is 15.9. The number of hydrogen-bond acceptors (Lipinski definition) is 3. The number of benzene rings is 1. The highest BCUT2D eigenvalue weighted by molar-refractivity contribution is 9.10. The van der Waals surface area contributed by atoms with Crippen LogP contribution in [-0.2, 0) is 16.6 Å².